The van der Waals surface area contributed by atoms with E-state index in [0.717, 1.165) is 10.4 Å². The van der Waals surface area contributed by atoms with Crippen LogP contribution in [0.5, 0.6) is 0 Å². The molecule has 0 aliphatic heterocycles. The van der Waals surface area contributed by atoms with Gasteiger partial charge in [-0.05, 0) is 50.6 Å². The van der Waals surface area contributed by atoms with Crippen molar-refractivity contribution in [2.24, 2.45) is 0 Å². The summed E-state index contributed by atoms with van der Waals surface area (Å²) in [6.07, 6.45) is 0. The quantitative estimate of drug-likeness (QED) is 0.364. The lowest BCUT2D eigenvalue weighted by Gasteiger charge is -2.10. The number of aryl methyl sites for hydroxylation is 2. The van der Waals surface area contributed by atoms with Gasteiger partial charge in [-0.2, -0.15) is 0 Å². The van der Waals surface area contributed by atoms with Crippen molar-refractivity contribution in [3.05, 3.63) is 50.6 Å². The third-order valence-electron chi connectivity index (χ3n) is 4.49. The lowest BCUT2D eigenvalue weighted by molar-refractivity contribution is -0.113. The van der Waals surface area contributed by atoms with E-state index in [9.17, 15) is 14.4 Å². The van der Waals surface area contributed by atoms with Gasteiger partial charge in [0.1, 0.15) is 4.83 Å². The van der Waals surface area contributed by atoms with Crippen molar-refractivity contribution in [3.8, 4) is 0 Å². The van der Waals surface area contributed by atoms with Gasteiger partial charge >= 0.3 is 5.97 Å². The van der Waals surface area contributed by atoms with E-state index in [2.05, 4.69) is 15.0 Å². The van der Waals surface area contributed by atoms with Crippen molar-refractivity contribution in [1.82, 2.24) is 9.55 Å². The maximum atomic E-state index is 12.8. The minimum Gasteiger partial charge on any atom is -0.465 e. The Kier molecular flexibility index (Phi) is 6.39. The van der Waals surface area contributed by atoms with Crippen molar-refractivity contribution in [1.29, 1.82) is 0 Å². The van der Waals surface area contributed by atoms with Crippen LogP contribution in [0.1, 0.15) is 27.7 Å². The fourth-order valence-electron chi connectivity index (χ4n) is 2.83. The Hall–Kier alpha value is -2.65. The maximum Gasteiger partial charge on any atom is 0.337 e. The molecule has 0 radical (unpaired) electrons. The number of thioether (sulfide) groups is 1. The summed E-state index contributed by atoms with van der Waals surface area (Å²) < 4.78 is 6.25. The van der Waals surface area contributed by atoms with Crippen molar-refractivity contribution in [3.63, 3.8) is 0 Å². The van der Waals surface area contributed by atoms with Gasteiger partial charge in [-0.25, -0.2) is 9.78 Å². The van der Waals surface area contributed by atoms with Gasteiger partial charge in [-0.15, -0.1) is 11.3 Å². The molecule has 1 aromatic carbocycles. The molecule has 0 aliphatic rings. The Labute approximate surface area is 176 Å². The Morgan fingerprint density at radius 3 is 2.55 bits per heavy atom. The van der Waals surface area contributed by atoms with Crippen LogP contribution in [0, 0.1) is 13.8 Å². The van der Waals surface area contributed by atoms with Crippen LogP contribution in [0.2, 0.25) is 0 Å². The summed E-state index contributed by atoms with van der Waals surface area (Å²) in [6, 6.07) is 6.44. The molecule has 0 spiro atoms. The molecule has 7 nitrogen and oxygen atoms in total. The number of carbonyl (C=O) groups is 2. The topological polar surface area (TPSA) is 90.3 Å². The van der Waals surface area contributed by atoms with Crippen LogP contribution < -0.4 is 10.9 Å². The molecular formula is C20H21N3O4S2. The standard InChI is InChI=1S/C20H21N3O4S2/c1-5-23-18(25)16-11(2)12(3)29-17(16)22-20(23)28-10-15(24)21-14-8-6-13(7-9-14)19(26)27-4/h6-9H,5,10H2,1-4H3,(H,21,24). The predicted octanol–water partition coefficient (Wildman–Crippen LogP) is 3.61. The minimum atomic E-state index is -0.434. The number of methoxy groups -OCH3 is 1. The third-order valence-corrected chi connectivity index (χ3v) is 6.57. The number of nitrogens with zero attached hydrogens (tertiary/aromatic N) is 2. The number of fused-ring (bicyclic) bond motifs is 1. The van der Waals surface area contributed by atoms with Gasteiger partial charge < -0.3 is 10.1 Å². The first-order valence-corrected chi connectivity index (χ1v) is 10.8. The van der Waals surface area contributed by atoms with Crippen LogP contribution in [-0.4, -0.2) is 34.3 Å². The number of benzene rings is 1. The highest BCUT2D eigenvalue weighted by molar-refractivity contribution is 7.99. The number of hydrogen-bond donors (Lipinski definition) is 1. The second kappa shape index (κ2) is 8.79. The summed E-state index contributed by atoms with van der Waals surface area (Å²) >= 11 is 2.72. The number of anilines is 1. The molecule has 0 atom stereocenters. The molecule has 3 rings (SSSR count). The zero-order valence-electron chi connectivity index (χ0n) is 16.6. The molecule has 2 aromatic heterocycles. The summed E-state index contributed by atoms with van der Waals surface area (Å²) in [5.41, 5.74) is 1.88. The maximum absolute atomic E-state index is 12.8. The van der Waals surface area contributed by atoms with Crippen LogP contribution in [0.25, 0.3) is 10.2 Å². The number of carbonyl (C=O) groups excluding carboxylic acids is 2. The number of hydrogen-bond acceptors (Lipinski definition) is 7. The van der Waals surface area contributed by atoms with E-state index < -0.39 is 5.97 Å². The van der Waals surface area contributed by atoms with Gasteiger partial charge in [0, 0.05) is 17.1 Å². The minimum absolute atomic E-state index is 0.0688. The van der Waals surface area contributed by atoms with Crippen LogP contribution >= 0.6 is 23.1 Å². The Balaban J connectivity index is 1.74. The largest absolute Gasteiger partial charge is 0.465 e. The number of aromatic nitrogens is 2. The first-order valence-electron chi connectivity index (χ1n) is 8.97. The molecule has 0 aliphatic carbocycles. The van der Waals surface area contributed by atoms with E-state index in [1.165, 1.54) is 30.2 Å². The van der Waals surface area contributed by atoms with E-state index in [4.69, 9.17) is 0 Å². The monoisotopic (exact) mass is 431 g/mol. The number of rotatable bonds is 6. The summed E-state index contributed by atoms with van der Waals surface area (Å²) in [6.45, 7) is 6.28. The number of thiophene rings is 1. The average molecular weight is 432 g/mol. The van der Waals surface area contributed by atoms with Crippen LogP contribution in [-0.2, 0) is 16.1 Å². The van der Waals surface area contributed by atoms with Crippen LogP contribution in [0.15, 0.2) is 34.2 Å². The van der Waals surface area contributed by atoms with Crippen molar-refractivity contribution >= 4 is 50.9 Å². The van der Waals surface area contributed by atoms with Gasteiger partial charge in [0.05, 0.1) is 23.8 Å². The van der Waals surface area contributed by atoms with E-state index in [-0.39, 0.29) is 17.2 Å². The number of esters is 1. The Bertz CT molecular complexity index is 1130. The molecule has 0 bridgehead atoms. The molecule has 0 unspecified atom stereocenters. The lowest BCUT2D eigenvalue weighted by Crippen LogP contribution is -2.23. The molecule has 152 valence electrons. The average Bonchev–Trinajstić information content (AvgIpc) is 3.00. The highest BCUT2D eigenvalue weighted by atomic mass is 32.2. The summed E-state index contributed by atoms with van der Waals surface area (Å²) in [7, 11) is 1.31. The number of nitrogens with one attached hydrogen (secondary N) is 1. The number of ether oxygens (including phenoxy) is 1. The second-order valence-electron chi connectivity index (χ2n) is 6.31. The van der Waals surface area contributed by atoms with E-state index in [0.29, 0.717) is 33.2 Å². The van der Waals surface area contributed by atoms with Gasteiger partial charge in [-0.3, -0.25) is 14.2 Å². The molecule has 9 heteroatoms. The molecule has 1 N–H and O–H groups in total. The van der Waals surface area contributed by atoms with Gasteiger partial charge in [0.15, 0.2) is 5.16 Å². The third kappa shape index (κ3) is 4.35. The fraction of sp³-hybridized carbons (Fsp3) is 0.300. The van der Waals surface area contributed by atoms with Crippen molar-refractivity contribution in [2.45, 2.75) is 32.5 Å². The van der Waals surface area contributed by atoms with Crippen molar-refractivity contribution < 1.29 is 14.3 Å². The molecule has 2 heterocycles. The van der Waals surface area contributed by atoms with E-state index in [1.807, 2.05) is 20.8 Å². The molecule has 3 aromatic rings. The zero-order chi connectivity index (χ0) is 21.1. The number of amides is 1. The molecule has 0 fully saturated rings. The van der Waals surface area contributed by atoms with Gasteiger partial charge in [0.2, 0.25) is 5.91 Å². The molecule has 29 heavy (non-hydrogen) atoms. The Morgan fingerprint density at radius 2 is 1.93 bits per heavy atom. The van der Waals surface area contributed by atoms with E-state index >= 15 is 0 Å². The summed E-state index contributed by atoms with van der Waals surface area (Å²) in [5.74, 6) is -0.548. The highest BCUT2D eigenvalue weighted by Gasteiger charge is 2.17. The van der Waals surface area contributed by atoms with Crippen molar-refractivity contribution in [2.75, 3.05) is 18.2 Å². The first-order chi connectivity index (χ1) is 13.8. The fourth-order valence-corrected chi connectivity index (χ4v) is 4.77. The second-order valence-corrected chi connectivity index (χ2v) is 8.46. The van der Waals surface area contributed by atoms with Gasteiger partial charge in [-0.1, -0.05) is 11.8 Å². The zero-order valence-corrected chi connectivity index (χ0v) is 18.2. The molecular weight excluding hydrogens is 410 g/mol. The highest BCUT2D eigenvalue weighted by Crippen LogP contribution is 2.28. The Morgan fingerprint density at radius 1 is 1.24 bits per heavy atom. The molecule has 0 saturated heterocycles. The van der Waals surface area contributed by atoms with Crippen LogP contribution in [0.3, 0.4) is 0 Å². The first kappa shape index (κ1) is 21.1. The SMILES string of the molecule is CCn1c(SCC(=O)Nc2ccc(C(=O)OC)cc2)nc2sc(C)c(C)c2c1=O. The summed E-state index contributed by atoms with van der Waals surface area (Å²) in [5, 5.41) is 3.97. The summed E-state index contributed by atoms with van der Waals surface area (Å²) in [4.78, 5) is 43.0. The van der Waals surface area contributed by atoms with Gasteiger partial charge in [0.25, 0.3) is 5.56 Å². The smallest absolute Gasteiger partial charge is 0.337 e. The molecule has 1 amide bonds. The molecule has 0 saturated carbocycles. The van der Waals surface area contributed by atoms with E-state index in [1.54, 1.807) is 28.8 Å². The normalized spacial score (nSPS) is 10.9. The lowest BCUT2D eigenvalue weighted by atomic mass is 10.2. The predicted molar refractivity (Wildman–Crippen MR) is 116 cm³/mol. The van der Waals surface area contributed by atoms with Crippen LogP contribution in [0.4, 0.5) is 5.69 Å².